The van der Waals surface area contributed by atoms with Crippen LogP contribution in [0.1, 0.15) is 20.7 Å². The fourth-order valence-corrected chi connectivity index (χ4v) is 1.98. The minimum absolute atomic E-state index is 0.0901. The zero-order chi connectivity index (χ0) is 17.0. The molecule has 0 aliphatic heterocycles. The maximum Gasteiger partial charge on any atom is 0.340 e. The topological polar surface area (TPSA) is 102 Å². The summed E-state index contributed by atoms with van der Waals surface area (Å²) in [5, 5.41) is 18.4. The number of aromatic carboxylic acids is 2. The maximum absolute atomic E-state index is 11.4. The van der Waals surface area contributed by atoms with E-state index in [1.165, 1.54) is 44.6 Å². The van der Waals surface area contributed by atoms with E-state index in [9.17, 15) is 14.7 Å². The molecule has 2 N–H and O–H groups in total. The van der Waals surface area contributed by atoms with E-state index in [2.05, 4.69) is 0 Å². The van der Waals surface area contributed by atoms with E-state index in [0.717, 1.165) is 0 Å². The van der Waals surface area contributed by atoms with Crippen molar-refractivity contribution in [3.8, 4) is 23.0 Å². The van der Waals surface area contributed by atoms with Crippen LogP contribution in [-0.2, 0) is 0 Å². The number of carboxylic acid groups (broad SMARTS) is 2. The van der Waals surface area contributed by atoms with Gasteiger partial charge in [0.15, 0.2) is 0 Å². The van der Waals surface area contributed by atoms with Gasteiger partial charge in [-0.05, 0) is 12.1 Å². The zero-order valence-electron chi connectivity index (χ0n) is 12.4. The molecule has 0 heterocycles. The van der Waals surface area contributed by atoms with Gasteiger partial charge in [0.2, 0.25) is 0 Å². The van der Waals surface area contributed by atoms with E-state index >= 15 is 0 Å². The first-order valence-corrected chi connectivity index (χ1v) is 6.46. The number of methoxy groups -OCH3 is 2. The largest absolute Gasteiger partial charge is 0.496 e. The van der Waals surface area contributed by atoms with Crippen LogP contribution in [0.25, 0.3) is 0 Å². The summed E-state index contributed by atoms with van der Waals surface area (Å²) in [6.07, 6.45) is 0. The monoisotopic (exact) mass is 318 g/mol. The second kappa shape index (κ2) is 6.69. The molecule has 2 aromatic rings. The van der Waals surface area contributed by atoms with Crippen molar-refractivity contribution in [1.82, 2.24) is 0 Å². The van der Waals surface area contributed by atoms with Crippen LogP contribution in [0.4, 0.5) is 0 Å². The summed E-state index contributed by atoms with van der Waals surface area (Å²) < 4.78 is 15.8. The van der Waals surface area contributed by atoms with Crippen LogP contribution in [0.5, 0.6) is 23.0 Å². The summed E-state index contributed by atoms with van der Waals surface area (Å²) in [5.74, 6) is -1.68. The number of ether oxygens (including phenoxy) is 3. The summed E-state index contributed by atoms with van der Waals surface area (Å²) in [6.45, 7) is 0. The van der Waals surface area contributed by atoms with Crippen molar-refractivity contribution in [2.45, 2.75) is 0 Å². The molecule has 2 aromatic carbocycles. The lowest BCUT2D eigenvalue weighted by Crippen LogP contribution is -2.09. The summed E-state index contributed by atoms with van der Waals surface area (Å²) in [5.41, 5.74) is -0.786. The van der Waals surface area contributed by atoms with Gasteiger partial charge in [0.25, 0.3) is 0 Å². The Morgan fingerprint density at radius 1 is 0.870 bits per heavy atom. The molecule has 23 heavy (non-hydrogen) atoms. The molecule has 0 saturated heterocycles. The van der Waals surface area contributed by atoms with Crippen molar-refractivity contribution in [2.75, 3.05) is 14.2 Å². The molecule has 0 aliphatic rings. The van der Waals surface area contributed by atoms with Crippen molar-refractivity contribution < 1.29 is 34.0 Å². The molecule has 0 fully saturated rings. The van der Waals surface area contributed by atoms with Gasteiger partial charge in [0.1, 0.15) is 28.6 Å². The Bertz CT molecular complexity index is 730. The van der Waals surface area contributed by atoms with Crippen LogP contribution in [-0.4, -0.2) is 36.4 Å². The molecule has 0 aliphatic carbocycles. The Morgan fingerprint density at radius 3 is 1.91 bits per heavy atom. The molecule has 0 bridgehead atoms. The van der Waals surface area contributed by atoms with Crippen molar-refractivity contribution in [3.05, 3.63) is 47.5 Å². The van der Waals surface area contributed by atoms with Crippen molar-refractivity contribution in [1.29, 1.82) is 0 Å². The van der Waals surface area contributed by atoms with Gasteiger partial charge in [-0.25, -0.2) is 9.59 Å². The Hall–Kier alpha value is -3.22. The Balaban J connectivity index is 2.50. The lowest BCUT2D eigenvalue weighted by molar-refractivity contribution is 0.0649. The van der Waals surface area contributed by atoms with E-state index in [-0.39, 0.29) is 17.1 Å². The lowest BCUT2D eigenvalue weighted by atomic mass is 10.1. The average Bonchev–Trinajstić information content (AvgIpc) is 2.53. The van der Waals surface area contributed by atoms with Gasteiger partial charge in [-0.15, -0.1) is 0 Å². The van der Waals surface area contributed by atoms with Crippen LogP contribution >= 0.6 is 0 Å². The smallest absolute Gasteiger partial charge is 0.340 e. The summed E-state index contributed by atoms with van der Waals surface area (Å²) in [7, 11) is 2.93. The van der Waals surface area contributed by atoms with Crippen LogP contribution in [0, 0.1) is 0 Å². The van der Waals surface area contributed by atoms with Gasteiger partial charge in [-0.3, -0.25) is 0 Å². The van der Waals surface area contributed by atoms with Gasteiger partial charge < -0.3 is 24.4 Å². The lowest BCUT2D eigenvalue weighted by Gasteiger charge is -2.12. The Labute approximate surface area is 131 Å². The maximum atomic E-state index is 11.4. The number of benzene rings is 2. The Kier molecular flexibility index (Phi) is 4.70. The molecule has 2 rings (SSSR count). The van der Waals surface area contributed by atoms with E-state index in [1.54, 1.807) is 6.07 Å². The highest BCUT2D eigenvalue weighted by molar-refractivity contribution is 6.03. The van der Waals surface area contributed by atoms with E-state index in [1.807, 2.05) is 0 Å². The fraction of sp³-hybridized carbons (Fsp3) is 0.125. The van der Waals surface area contributed by atoms with Crippen molar-refractivity contribution >= 4 is 11.9 Å². The molecule has 0 unspecified atom stereocenters. The molecule has 0 spiro atoms. The predicted molar refractivity (Wildman–Crippen MR) is 80.0 cm³/mol. The standard InChI is InChI=1S/C16H14O7/c1-21-9-6-10(22-2)8-11(7-9)23-13-5-3-4-12(15(17)18)14(13)16(19)20/h3-8H,1-2H3,(H,17,18)(H,19,20). The first kappa shape index (κ1) is 16.2. The van der Waals surface area contributed by atoms with Gasteiger partial charge in [-0.1, -0.05) is 6.07 Å². The van der Waals surface area contributed by atoms with Gasteiger partial charge in [0, 0.05) is 18.2 Å². The second-order valence-electron chi connectivity index (χ2n) is 4.44. The fourth-order valence-electron chi connectivity index (χ4n) is 1.98. The van der Waals surface area contributed by atoms with Crippen molar-refractivity contribution in [2.24, 2.45) is 0 Å². The number of rotatable bonds is 6. The molecule has 120 valence electrons. The quantitative estimate of drug-likeness (QED) is 0.844. The normalized spacial score (nSPS) is 10.0. The second-order valence-corrected chi connectivity index (χ2v) is 4.44. The summed E-state index contributed by atoms with van der Waals surface area (Å²) >= 11 is 0. The van der Waals surface area contributed by atoms with E-state index in [4.69, 9.17) is 19.3 Å². The van der Waals surface area contributed by atoms with Gasteiger partial charge in [-0.2, -0.15) is 0 Å². The van der Waals surface area contributed by atoms with Crippen LogP contribution in [0.15, 0.2) is 36.4 Å². The van der Waals surface area contributed by atoms with Crippen LogP contribution in [0.2, 0.25) is 0 Å². The van der Waals surface area contributed by atoms with Gasteiger partial charge >= 0.3 is 11.9 Å². The molecule has 0 radical (unpaired) electrons. The molecule has 7 heteroatoms. The number of carboxylic acids is 2. The Morgan fingerprint density at radius 2 is 1.43 bits per heavy atom. The molecule has 0 atom stereocenters. The third-order valence-electron chi connectivity index (χ3n) is 3.02. The first-order chi connectivity index (χ1) is 11.0. The molecular formula is C16H14O7. The molecule has 0 amide bonds. The minimum Gasteiger partial charge on any atom is -0.496 e. The van der Waals surface area contributed by atoms with E-state index in [0.29, 0.717) is 11.5 Å². The summed E-state index contributed by atoms with van der Waals surface area (Å²) in [4.78, 5) is 22.6. The van der Waals surface area contributed by atoms with Crippen LogP contribution in [0.3, 0.4) is 0 Å². The average molecular weight is 318 g/mol. The number of carbonyl (C=O) groups is 2. The summed E-state index contributed by atoms with van der Waals surface area (Å²) in [6, 6.07) is 8.66. The van der Waals surface area contributed by atoms with Crippen molar-refractivity contribution in [3.63, 3.8) is 0 Å². The molecular weight excluding hydrogens is 304 g/mol. The van der Waals surface area contributed by atoms with Crippen LogP contribution < -0.4 is 14.2 Å². The van der Waals surface area contributed by atoms with Gasteiger partial charge in [0.05, 0.1) is 19.8 Å². The minimum atomic E-state index is -1.40. The molecule has 0 saturated carbocycles. The zero-order valence-corrected chi connectivity index (χ0v) is 12.4. The first-order valence-electron chi connectivity index (χ1n) is 6.46. The van der Waals surface area contributed by atoms with E-state index < -0.39 is 17.5 Å². The molecule has 0 aromatic heterocycles. The highest BCUT2D eigenvalue weighted by atomic mass is 16.5. The highest BCUT2D eigenvalue weighted by Gasteiger charge is 2.21. The molecule has 7 nitrogen and oxygen atoms in total. The number of hydrogen-bond acceptors (Lipinski definition) is 5. The third-order valence-corrected chi connectivity index (χ3v) is 3.02. The SMILES string of the molecule is COc1cc(OC)cc(Oc2cccc(C(=O)O)c2C(=O)O)c1. The highest BCUT2D eigenvalue weighted by Crippen LogP contribution is 2.33. The predicted octanol–water partition coefficient (Wildman–Crippen LogP) is 2.89. The number of hydrogen-bond donors (Lipinski definition) is 2. The third kappa shape index (κ3) is 3.52.